The monoisotopic (exact) mass is 380 g/mol. The maximum atomic E-state index is 14.0. The Balaban J connectivity index is 1.70. The van der Waals surface area contributed by atoms with Crippen LogP contribution in [0.5, 0.6) is 0 Å². The number of carbonyl (C=O) groups is 3. The largest absolute Gasteiger partial charge is 0.354 e. The Kier molecular flexibility index (Phi) is 6.00. The van der Waals surface area contributed by atoms with Gasteiger partial charge in [0, 0.05) is 51.3 Å². The Morgan fingerprint density at radius 3 is 2.70 bits per heavy atom. The summed E-state index contributed by atoms with van der Waals surface area (Å²) in [6, 6.07) is 3.16. The van der Waals surface area contributed by atoms with Crippen LogP contribution in [0, 0.1) is 11.6 Å². The van der Waals surface area contributed by atoms with Gasteiger partial charge in [0.2, 0.25) is 17.7 Å². The van der Waals surface area contributed by atoms with E-state index in [0.717, 1.165) is 6.07 Å². The van der Waals surface area contributed by atoms with Crippen molar-refractivity contribution in [3.63, 3.8) is 0 Å². The molecule has 7 nitrogen and oxygen atoms in total. The van der Waals surface area contributed by atoms with Gasteiger partial charge in [-0.2, -0.15) is 0 Å². The fourth-order valence-electron chi connectivity index (χ4n) is 3.37. The molecule has 0 bridgehead atoms. The van der Waals surface area contributed by atoms with Crippen molar-refractivity contribution in [2.24, 2.45) is 0 Å². The second-order valence-corrected chi connectivity index (χ2v) is 6.68. The average molecular weight is 380 g/mol. The Labute approximate surface area is 155 Å². The number of nitrogens with one attached hydrogen (secondary N) is 2. The zero-order valence-corrected chi connectivity index (χ0v) is 14.8. The smallest absolute Gasteiger partial charge is 0.237 e. The van der Waals surface area contributed by atoms with Crippen LogP contribution in [-0.2, 0) is 20.9 Å². The molecule has 1 atom stereocenters. The van der Waals surface area contributed by atoms with Crippen LogP contribution in [0.25, 0.3) is 0 Å². The molecular formula is C18H22F2N4O3. The predicted octanol–water partition coefficient (Wildman–Crippen LogP) is 0.00380. The molecule has 1 aromatic carbocycles. The minimum Gasteiger partial charge on any atom is -0.354 e. The molecule has 1 aromatic rings. The van der Waals surface area contributed by atoms with E-state index < -0.39 is 17.7 Å². The predicted molar refractivity (Wildman–Crippen MR) is 92.4 cm³/mol. The third-order valence-electron chi connectivity index (χ3n) is 4.88. The standard InChI is InChI=1S/C18H22F2N4O3/c19-13-3-1-2-12(17(13)20)11-24-9-6-22-18(27)14(24)10-16(26)23-7-4-15(25)21-5-8-23/h1-3,14H,4-11H2,(H,21,25)(H,22,27)/t14-/m0/s1. The molecule has 0 spiro atoms. The molecule has 2 heterocycles. The van der Waals surface area contributed by atoms with Gasteiger partial charge in [-0.15, -0.1) is 0 Å². The average Bonchev–Trinajstić information content (AvgIpc) is 2.86. The van der Waals surface area contributed by atoms with Gasteiger partial charge in [0.05, 0.1) is 12.5 Å². The summed E-state index contributed by atoms with van der Waals surface area (Å²) in [5, 5.41) is 5.41. The molecule has 27 heavy (non-hydrogen) atoms. The fourth-order valence-corrected chi connectivity index (χ4v) is 3.37. The molecule has 3 rings (SSSR count). The van der Waals surface area contributed by atoms with Crippen molar-refractivity contribution in [1.29, 1.82) is 0 Å². The van der Waals surface area contributed by atoms with E-state index in [1.807, 2.05) is 0 Å². The van der Waals surface area contributed by atoms with Crippen LogP contribution in [0.15, 0.2) is 18.2 Å². The Morgan fingerprint density at radius 2 is 1.89 bits per heavy atom. The lowest BCUT2D eigenvalue weighted by Gasteiger charge is -2.35. The van der Waals surface area contributed by atoms with E-state index in [0.29, 0.717) is 32.7 Å². The van der Waals surface area contributed by atoms with Gasteiger partial charge in [0.15, 0.2) is 11.6 Å². The van der Waals surface area contributed by atoms with Gasteiger partial charge in [-0.05, 0) is 6.07 Å². The van der Waals surface area contributed by atoms with Gasteiger partial charge in [-0.3, -0.25) is 19.3 Å². The van der Waals surface area contributed by atoms with Crippen molar-refractivity contribution in [3.8, 4) is 0 Å². The summed E-state index contributed by atoms with van der Waals surface area (Å²) in [7, 11) is 0. The molecule has 0 saturated carbocycles. The Morgan fingerprint density at radius 1 is 1.11 bits per heavy atom. The quantitative estimate of drug-likeness (QED) is 0.771. The highest BCUT2D eigenvalue weighted by Crippen LogP contribution is 2.18. The number of halogens is 2. The summed E-state index contributed by atoms with van der Waals surface area (Å²) in [4.78, 5) is 39.6. The lowest BCUT2D eigenvalue weighted by atomic mass is 10.1. The Hall–Kier alpha value is -2.55. The minimum atomic E-state index is -0.941. The van der Waals surface area contributed by atoms with E-state index in [4.69, 9.17) is 0 Å². The molecule has 2 aliphatic rings. The maximum Gasteiger partial charge on any atom is 0.237 e. The van der Waals surface area contributed by atoms with Gasteiger partial charge in [0.25, 0.3) is 0 Å². The number of piperazine rings is 1. The van der Waals surface area contributed by atoms with Gasteiger partial charge in [-0.25, -0.2) is 8.78 Å². The number of hydrogen-bond acceptors (Lipinski definition) is 4. The molecular weight excluding hydrogens is 358 g/mol. The van der Waals surface area contributed by atoms with Crippen LogP contribution >= 0.6 is 0 Å². The first-order chi connectivity index (χ1) is 13.0. The Bertz CT molecular complexity index is 743. The number of benzene rings is 1. The van der Waals surface area contributed by atoms with Crippen molar-refractivity contribution >= 4 is 17.7 Å². The minimum absolute atomic E-state index is 0.0367. The van der Waals surface area contributed by atoms with Crippen molar-refractivity contribution in [2.45, 2.75) is 25.4 Å². The lowest BCUT2D eigenvalue weighted by Crippen LogP contribution is -2.56. The summed E-state index contributed by atoms with van der Waals surface area (Å²) in [6.07, 6.45) is 0.151. The van der Waals surface area contributed by atoms with Crippen molar-refractivity contribution in [2.75, 3.05) is 32.7 Å². The highest BCUT2D eigenvalue weighted by molar-refractivity contribution is 5.89. The number of hydrogen-bond donors (Lipinski definition) is 2. The molecule has 2 fully saturated rings. The summed E-state index contributed by atoms with van der Waals surface area (Å²) in [5.74, 6) is -2.54. The van der Waals surface area contributed by atoms with Crippen LogP contribution in [0.1, 0.15) is 18.4 Å². The lowest BCUT2D eigenvalue weighted by molar-refractivity contribution is -0.139. The van der Waals surface area contributed by atoms with Crippen molar-refractivity contribution in [3.05, 3.63) is 35.4 Å². The number of amides is 3. The molecule has 2 N–H and O–H groups in total. The van der Waals surface area contributed by atoms with Crippen molar-refractivity contribution < 1.29 is 23.2 Å². The first kappa shape index (κ1) is 19.2. The van der Waals surface area contributed by atoms with Crippen LogP contribution in [0.2, 0.25) is 0 Å². The van der Waals surface area contributed by atoms with Crippen LogP contribution in [-0.4, -0.2) is 66.3 Å². The molecule has 0 aromatic heterocycles. The molecule has 3 amide bonds. The topological polar surface area (TPSA) is 81.8 Å². The summed E-state index contributed by atoms with van der Waals surface area (Å²) in [5.41, 5.74) is 0.145. The number of carbonyl (C=O) groups excluding carboxylic acids is 3. The van der Waals surface area contributed by atoms with Gasteiger partial charge in [0.1, 0.15) is 0 Å². The summed E-state index contributed by atoms with van der Waals surface area (Å²) in [6.45, 7) is 1.91. The fraction of sp³-hybridized carbons (Fsp3) is 0.500. The molecule has 146 valence electrons. The zero-order chi connectivity index (χ0) is 19.4. The molecule has 0 radical (unpaired) electrons. The number of rotatable bonds is 4. The van der Waals surface area contributed by atoms with E-state index in [-0.39, 0.29) is 42.7 Å². The second kappa shape index (κ2) is 8.43. The SMILES string of the molecule is O=C1CCN(C(=O)C[C@H]2C(=O)NCCN2Cc2cccc(F)c2F)CCN1. The van der Waals surface area contributed by atoms with E-state index in [2.05, 4.69) is 10.6 Å². The molecule has 2 saturated heterocycles. The molecule has 0 unspecified atom stereocenters. The molecule has 2 aliphatic heterocycles. The zero-order valence-electron chi connectivity index (χ0n) is 14.8. The van der Waals surface area contributed by atoms with E-state index in [1.54, 1.807) is 9.80 Å². The van der Waals surface area contributed by atoms with Crippen LogP contribution in [0.3, 0.4) is 0 Å². The van der Waals surface area contributed by atoms with Gasteiger partial charge in [-0.1, -0.05) is 12.1 Å². The van der Waals surface area contributed by atoms with Crippen LogP contribution in [0.4, 0.5) is 8.78 Å². The maximum absolute atomic E-state index is 14.0. The first-order valence-electron chi connectivity index (χ1n) is 8.95. The highest BCUT2D eigenvalue weighted by atomic mass is 19.2. The van der Waals surface area contributed by atoms with E-state index >= 15 is 0 Å². The van der Waals surface area contributed by atoms with Gasteiger partial charge < -0.3 is 15.5 Å². The van der Waals surface area contributed by atoms with Crippen LogP contribution < -0.4 is 10.6 Å². The summed E-state index contributed by atoms with van der Waals surface area (Å²) < 4.78 is 27.5. The van der Waals surface area contributed by atoms with Gasteiger partial charge >= 0.3 is 0 Å². The second-order valence-electron chi connectivity index (χ2n) is 6.68. The highest BCUT2D eigenvalue weighted by Gasteiger charge is 2.33. The van der Waals surface area contributed by atoms with E-state index in [1.165, 1.54) is 12.1 Å². The molecule has 9 heteroatoms. The van der Waals surface area contributed by atoms with E-state index in [9.17, 15) is 23.2 Å². The summed E-state index contributed by atoms with van der Waals surface area (Å²) >= 11 is 0. The first-order valence-corrected chi connectivity index (χ1v) is 8.95. The third-order valence-corrected chi connectivity index (χ3v) is 4.88. The number of nitrogens with zero attached hydrogens (tertiary/aromatic N) is 2. The normalized spacial score (nSPS) is 21.4. The third kappa shape index (κ3) is 4.60. The molecule has 0 aliphatic carbocycles. The van der Waals surface area contributed by atoms with Crippen molar-refractivity contribution in [1.82, 2.24) is 20.4 Å².